The Morgan fingerprint density at radius 2 is 1.43 bits per heavy atom. The van der Waals surface area contributed by atoms with Gasteiger partial charge in [0.2, 0.25) is 0 Å². The van der Waals surface area contributed by atoms with Crippen molar-refractivity contribution in [3.63, 3.8) is 0 Å². The lowest BCUT2D eigenvalue weighted by Gasteiger charge is -2.33. The van der Waals surface area contributed by atoms with Gasteiger partial charge in [0.15, 0.2) is 11.5 Å². The summed E-state index contributed by atoms with van der Waals surface area (Å²) in [6.45, 7) is 2.02. The molecule has 0 aliphatic carbocycles. The summed E-state index contributed by atoms with van der Waals surface area (Å²) < 4.78 is 6.02. The smallest absolute Gasteiger partial charge is 0.151 e. The minimum absolute atomic E-state index is 0.668. The second-order valence-electron chi connectivity index (χ2n) is 5.49. The topological polar surface area (TPSA) is 36.3 Å². The van der Waals surface area contributed by atoms with Crippen LogP contribution in [0.4, 0.5) is 17.1 Å². The number of anilines is 3. The Balaban J connectivity index is 1.97. The van der Waals surface area contributed by atoms with Gasteiger partial charge in [-0.05, 0) is 55.0 Å². The molecule has 0 unspecified atom stereocenters. The zero-order valence-electron chi connectivity index (χ0n) is 12.7. The van der Waals surface area contributed by atoms with Gasteiger partial charge in [0.05, 0.1) is 23.0 Å². The van der Waals surface area contributed by atoms with Crippen LogP contribution in [0.1, 0.15) is 11.1 Å². The molecular weight excluding hydrogens is 284 g/mol. The van der Waals surface area contributed by atoms with Crippen molar-refractivity contribution in [3.8, 4) is 17.6 Å². The first kappa shape index (κ1) is 13.4. The van der Waals surface area contributed by atoms with Crippen LogP contribution in [0.15, 0.2) is 66.7 Å². The van der Waals surface area contributed by atoms with Crippen molar-refractivity contribution in [1.29, 1.82) is 5.26 Å². The van der Waals surface area contributed by atoms with Gasteiger partial charge in [-0.25, -0.2) is 0 Å². The van der Waals surface area contributed by atoms with Crippen molar-refractivity contribution < 1.29 is 4.74 Å². The monoisotopic (exact) mass is 298 g/mol. The molecule has 0 spiro atoms. The number of benzene rings is 3. The van der Waals surface area contributed by atoms with Gasteiger partial charge < -0.3 is 9.64 Å². The Kier molecular flexibility index (Phi) is 3.03. The second kappa shape index (κ2) is 5.19. The van der Waals surface area contributed by atoms with Crippen LogP contribution in [0.2, 0.25) is 0 Å². The Bertz CT molecular complexity index is 895. The molecule has 0 N–H and O–H groups in total. The summed E-state index contributed by atoms with van der Waals surface area (Å²) in [6, 6.07) is 23.9. The van der Waals surface area contributed by atoms with Crippen molar-refractivity contribution in [2.45, 2.75) is 6.92 Å². The molecule has 3 heteroatoms. The maximum atomic E-state index is 9.10. The highest BCUT2D eigenvalue weighted by Crippen LogP contribution is 2.50. The second-order valence-corrected chi connectivity index (χ2v) is 5.49. The molecule has 0 saturated carbocycles. The molecule has 110 valence electrons. The molecule has 3 aromatic carbocycles. The molecule has 0 aromatic heterocycles. The lowest BCUT2D eigenvalue weighted by atomic mass is 10.1. The third kappa shape index (κ3) is 2.13. The maximum Gasteiger partial charge on any atom is 0.151 e. The van der Waals surface area contributed by atoms with Gasteiger partial charge in [0, 0.05) is 5.69 Å². The molecule has 23 heavy (non-hydrogen) atoms. The van der Waals surface area contributed by atoms with E-state index < -0.39 is 0 Å². The van der Waals surface area contributed by atoms with Gasteiger partial charge in [-0.1, -0.05) is 24.3 Å². The first-order chi connectivity index (χ1) is 11.3. The molecule has 3 nitrogen and oxygen atoms in total. The zero-order valence-corrected chi connectivity index (χ0v) is 12.7. The predicted molar refractivity (Wildman–Crippen MR) is 90.7 cm³/mol. The normalized spacial score (nSPS) is 11.9. The van der Waals surface area contributed by atoms with E-state index in [-0.39, 0.29) is 0 Å². The van der Waals surface area contributed by atoms with Gasteiger partial charge in [-0.15, -0.1) is 0 Å². The molecule has 1 aliphatic heterocycles. The third-order valence-electron chi connectivity index (χ3n) is 4.00. The molecule has 4 rings (SSSR count). The molecule has 1 heterocycles. The number of fused-ring (bicyclic) bond motifs is 2. The molecular formula is C20H14N2O. The van der Waals surface area contributed by atoms with E-state index in [2.05, 4.69) is 11.0 Å². The minimum atomic E-state index is 0.668. The fourth-order valence-electron chi connectivity index (χ4n) is 2.94. The van der Waals surface area contributed by atoms with E-state index in [1.807, 2.05) is 73.7 Å². The van der Waals surface area contributed by atoms with Crippen LogP contribution in [-0.4, -0.2) is 0 Å². The van der Waals surface area contributed by atoms with Gasteiger partial charge >= 0.3 is 0 Å². The number of aryl methyl sites for hydroxylation is 1. The average Bonchev–Trinajstić information content (AvgIpc) is 2.60. The molecule has 0 bridgehead atoms. The van der Waals surface area contributed by atoms with Crippen molar-refractivity contribution in [1.82, 2.24) is 0 Å². The highest BCUT2D eigenvalue weighted by atomic mass is 16.5. The number of rotatable bonds is 1. The highest BCUT2D eigenvalue weighted by Gasteiger charge is 2.25. The third-order valence-corrected chi connectivity index (χ3v) is 4.00. The van der Waals surface area contributed by atoms with Gasteiger partial charge in [-0.3, -0.25) is 0 Å². The summed E-state index contributed by atoms with van der Waals surface area (Å²) in [6.07, 6.45) is 0. The van der Waals surface area contributed by atoms with E-state index in [0.717, 1.165) is 34.1 Å². The van der Waals surface area contributed by atoms with Crippen LogP contribution in [0.5, 0.6) is 11.5 Å². The Labute approximate surface area is 135 Å². The lowest BCUT2D eigenvalue weighted by Crippen LogP contribution is -2.16. The predicted octanol–water partition coefficient (Wildman–Crippen LogP) is 5.44. The van der Waals surface area contributed by atoms with E-state index in [1.54, 1.807) is 0 Å². The average molecular weight is 298 g/mol. The van der Waals surface area contributed by atoms with Crippen LogP contribution in [-0.2, 0) is 0 Å². The quantitative estimate of drug-likeness (QED) is 0.469. The Hall–Kier alpha value is -3.25. The molecule has 0 saturated heterocycles. The van der Waals surface area contributed by atoms with Crippen molar-refractivity contribution in [2.24, 2.45) is 0 Å². The van der Waals surface area contributed by atoms with E-state index in [0.29, 0.717) is 5.56 Å². The molecule has 0 amide bonds. The van der Waals surface area contributed by atoms with E-state index >= 15 is 0 Å². The maximum absolute atomic E-state index is 9.10. The first-order valence-corrected chi connectivity index (χ1v) is 7.45. The summed E-state index contributed by atoms with van der Waals surface area (Å²) in [5.74, 6) is 1.66. The number of hydrogen-bond donors (Lipinski definition) is 0. The molecule has 0 atom stereocenters. The van der Waals surface area contributed by atoms with Crippen LogP contribution in [0.25, 0.3) is 0 Å². The fraction of sp³-hybridized carbons (Fsp3) is 0.0500. The van der Waals surface area contributed by atoms with Gasteiger partial charge in [0.1, 0.15) is 0 Å². The van der Waals surface area contributed by atoms with Crippen LogP contribution < -0.4 is 9.64 Å². The molecule has 0 radical (unpaired) electrons. The van der Waals surface area contributed by atoms with Crippen molar-refractivity contribution in [3.05, 3.63) is 77.9 Å². The van der Waals surface area contributed by atoms with E-state index in [9.17, 15) is 0 Å². The summed E-state index contributed by atoms with van der Waals surface area (Å²) >= 11 is 0. The van der Waals surface area contributed by atoms with E-state index in [1.165, 1.54) is 0 Å². The summed E-state index contributed by atoms with van der Waals surface area (Å²) in [4.78, 5) is 2.19. The Morgan fingerprint density at radius 3 is 2.00 bits per heavy atom. The van der Waals surface area contributed by atoms with Crippen molar-refractivity contribution in [2.75, 3.05) is 4.90 Å². The lowest BCUT2D eigenvalue weighted by molar-refractivity contribution is 0.477. The van der Waals surface area contributed by atoms with Crippen LogP contribution in [0, 0.1) is 18.3 Å². The number of nitriles is 1. The standard InChI is InChI=1S/C20H14N2O/c1-14-12-15(13-21)10-11-16(14)22-17-6-2-4-8-19(17)23-20-9-5-3-7-18(20)22/h2-12H,1H3. The SMILES string of the molecule is Cc1cc(C#N)ccc1N1c2ccccc2Oc2ccccc21. The highest BCUT2D eigenvalue weighted by molar-refractivity contribution is 5.87. The number of ether oxygens (including phenoxy) is 1. The molecule has 1 aliphatic rings. The van der Waals surface area contributed by atoms with Crippen molar-refractivity contribution >= 4 is 17.1 Å². The van der Waals surface area contributed by atoms with Gasteiger partial charge in [-0.2, -0.15) is 5.26 Å². The summed E-state index contributed by atoms with van der Waals surface area (Å²) in [5, 5.41) is 9.10. The first-order valence-electron chi connectivity index (χ1n) is 7.45. The summed E-state index contributed by atoms with van der Waals surface area (Å²) in [7, 11) is 0. The number of hydrogen-bond acceptors (Lipinski definition) is 3. The van der Waals surface area contributed by atoms with E-state index in [4.69, 9.17) is 10.00 Å². The van der Waals surface area contributed by atoms with Crippen LogP contribution in [0.3, 0.4) is 0 Å². The van der Waals surface area contributed by atoms with Crippen LogP contribution >= 0.6 is 0 Å². The number of nitrogens with zero attached hydrogens (tertiary/aromatic N) is 2. The Morgan fingerprint density at radius 1 is 0.826 bits per heavy atom. The summed E-state index contributed by atoms with van der Waals surface area (Å²) in [5.41, 5.74) is 4.77. The largest absolute Gasteiger partial charge is 0.453 e. The molecule has 3 aromatic rings. The number of para-hydroxylation sites is 4. The zero-order chi connectivity index (χ0) is 15.8. The molecule has 0 fully saturated rings. The fourth-order valence-corrected chi connectivity index (χ4v) is 2.94. The minimum Gasteiger partial charge on any atom is -0.453 e. The van der Waals surface area contributed by atoms with Gasteiger partial charge in [0.25, 0.3) is 0 Å².